The van der Waals surface area contributed by atoms with Crippen LogP contribution in [0.5, 0.6) is 0 Å². The molecule has 2 N–H and O–H groups in total. The first kappa shape index (κ1) is 14.8. The third-order valence-corrected chi connectivity index (χ3v) is 4.74. The molecule has 2 saturated carbocycles. The Kier molecular flexibility index (Phi) is 6.08. The van der Waals surface area contributed by atoms with Crippen molar-refractivity contribution < 1.29 is 0 Å². The van der Waals surface area contributed by atoms with Crippen LogP contribution in [0.1, 0.15) is 64.7 Å². The second-order valence-electron chi connectivity index (χ2n) is 5.95. The lowest BCUT2D eigenvalue weighted by molar-refractivity contribution is 0.218. The summed E-state index contributed by atoms with van der Waals surface area (Å²) < 4.78 is 0. The number of nitrogens with one attached hydrogen (secondary N) is 2. The third-order valence-electron chi connectivity index (χ3n) is 4.50. The van der Waals surface area contributed by atoms with Crippen molar-refractivity contribution in [3.8, 4) is 0 Å². The second kappa shape index (κ2) is 7.83. The molecular formula is C15H27N3S. The highest BCUT2D eigenvalue weighted by Gasteiger charge is 2.30. The topological polar surface area (TPSA) is 36.4 Å². The lowest BCUT2D eigenvalue weighted by Crippen LogP contribution is -2.34. The van der Waals surface area contributed by atoms with Gasteiger partial charge in [0.25, 0.3) is 0 Å². The van der Waals surface area contributed by atoms with Crippen LogP contribution in [0.15, 0.2) is 5.10 Å². The molecule has 2 aliphatic carbocycles. The van der Waals surface area contributed by atoms with Crippen LogP contribution in [0, 0.1) is 11.8 Å². The van der Waals surface area contributed by atoms with Gasteiger partial charge in [0.15, 0.2) is 5.11 Å². The summed E-state index contributed by atoms with van der Waals surface area (Å²) in [5.74, 6) is 1.87. The number of fused-ring (bicyclic) bond motifs is 1. The van der Waals surface area contributed by atoms with Crippen LogP contribution in [0.2, 0.25) is 0 Å². The van der Waals surface area contributed by atoms with Crippen molar-refractivity contribution >= 4 is 23.0 Å². The summed E-state index contributed by atoms with van der Waals surface area (Å²) in [6.45, 7) is 3.12. The molecule has 19 heavy (non-hydrogen) atoms. The lowest BCUT2D eigenvalue weighted by atomic mass is 9.70. The van der Waals surface area contributed by atoms with Crippen LogP contribution in [0.25, 0.3) is 0 Å². The molecule has 0 heterocycles. The Morgan fingerprint density at radius 3 is 2.84 bits per heavy atom. The number of hydrogen-bond donors (Lipinski definition) is 2. The Morgan fingerprint density at radius 2 is 2.05 bits per heavy atom. The van der Waals surface area contributed by atoms with Crippen molar-refractivity contribution in [2.75, 3.05) is 6.54 Å². The van der Waals surface area contributed by atoms with E-state index in [2.05, 4.69) is 22.8 Å². The summed E-state index contributed by atoms with van der Waals surface area (Å²) in [4.78, 5) is 0. The van der Waals surface area contributed by atoms with E-state index in [-0.39, 0.29) is 0 Å². The Bertz CT molecular complexity index is 327. The van der Waals surface area contributed by atoms with E-state index < -0.39 is 0 Å². The van der Waals surface area contributed by atoms with E-state index in [1.807, 2.05) is 0 Å². The highest BCUT2D eigenvalue weighted by atomic mass is 32.1. The highest BCUT2D eigenvalue weighted by Crippen LogP contribution is 2.39. The molecule has 4 heteroatoms. The van der Waals surface area contributed by atoms with Crippen molar-refractivity contribution in [1.82, 2.24) is 10.7 Å². The Hall–Kier alpha value is -0.640. The maximum absolute atomic E-state index is 5.22. The van der Waals surface area contributed by atoms with Crippen LogP contribution in [0.3, 0.4) is 0 Å². The van der Waals surface area contributed by atoms with Crippen LogP contribution in [0.4, 0.5) is 0 Å². The van der Waals surface area contributed by atoms with Gasteiger partial charge >= 0.3 is 0 Å². The van der Waals surface area contributed by atoms with Crippen molar-refractivity contribution in [2.24, 2.45) is 16.9 Å². The first-order valence-corrected chi connectivity index (χ1v) is 8.29. The Morgan fingerprint density at radius 1 is 1.26 bits per heavy atom. The van der Waals surface area contributed by atoms with E-state index in [1.54, 1.807) is 0 Å². The number of nitrogens with zero attached hydrogens (tertiary/aromatic N) is 1. The number of hydrogen-bond acceptors (Lipinski definition) is 2. The molecule has 0 radical (unpaired) electrons. The number of rotatable bonds is 4. The van der Waals surface area contributed by atoms with Crippen LogP contribution >= 0.6 is 12.2 Å². The summed E-state index contributed by atoms with van der Waals surface area (Å²) in [6, 6.07) is 0. The zero-order valence-corrected chi connectivity index (χ0v) is 12.9. The fourth-order valence-corrected chi connectivity index (χ4v) is 3.49. The van der Waals surface area contributed by atoms with E-state index in [0.717, 1.165) is 31.2 Å². The fraction of sp³-hybridized carbons (Fsp3) is 0.867. The third kappa shape index (κ3) is 4.75. The van der Waals surface area contributed by atoms with Crippen LogP contribution < -0.4 is 10.7 Å². The van der Waals surface area contributed by atoms with Crippen molar-refractivity contribution in [1.29, 1.82) is 0 Å². The number of thiocarbonyl (C=S) groups is 1. The number of unbranched alkanes of at least 4 members (excludes halogenated alkanes) is 1. The molecule has 0 unspecified atom stereocenters. The van der Waals surface area contributed by atoms with E-state index in [4.69, 9.17) is 12.2 Å². The Labute approximate surface area is 122 Å². The molecule has 0 spiro atoms. The molecule has 0 bridgehead atoms. The first-order valence-electron chi connectivity index (χ1n) is 7.89. The van der Waals surface area contributed by atoms with Gasteiger partial charge in [-0.1, -0.05) is 32.6 Å². The average molecular weight is 281 g/mol. The molecule has 0 aromatic carbocycles. The van der Waals surface area contributed by atoms with Gasteiger partial charge in [-0.25, -0.2) is 0 Å². The van der Waals surface area contributed by atoms with E-state index in [1.165, 1.54) is 50.7 Å². The van der Waals surface area contributed by atoms with E-state index in [0.29, 0.717) is 5.11 Å². The van der Waals surface area contributed by atoms with Crippen molar-refractivity contribution in [3.63, 3.8) is 0 Å². The van der Waals surface area contributed by atoms with Gasteiger partial charge in [-0.05, 0) is 56.2 Å². The van der Waals surface area contributed by atoms with Crippen LogP contribution in [-0.4, -0.2) is 17.4 Å². The molecule has 0 aromatic heterocycles. The minimum Gasteiger partial charge on any atom is -0.361 e. The standard InChI is InChI=1S/C15H27N3S/c1-2-3-10-16-15(19)18-17-14-9-8-12-6-4-5-7-13(12)11-14/h12-13H,2-11H2,1H3,(H2,16,18,19)/b17-14-/t12-,13+/m0/s1. The molecule has 2 rings (SSSR count). The molecule has 0 aliphatic heterocycles. The van der Waals surface area contributed by atoms with Crippen molar-refractivity contribution in [2.45, 2.75) is 64.7 Å². The van der Waals surface area contributed by atoms with Gasteiger partial charge in [0.05, 0.1) is 0 Å². The molecule has 0 aromatic rings. The van der Waals surface area contributed by atoms with Gasteiger partial charge in [-0.3, -0.25) is 5.43 Å². The van der Waals surface area contributed by atoms with Crippen molar-refractivity contribution in [3.05, 3.63) is 0 Å². The molecule has 2 atom stereocenters. The smallest absolute Gasteiger partial charge is 0.186 e. The van der Waals surface area contributed by atoms with Gasteiger partial charge < -0.3 is 5.32 Å². The lowest BCUT2D eigenvalue weighted by Gasteiger charge is -2.35. The maximum Gasteiger partial charge on any atom is 0.186 e. The molecule has 2 fully saturated rings. The van der Waals surface area contributed by atoms with Gasteiger partial charge in [0.2, 0.25) is 0 Å². The van der Waals surface area contributed by atoms with Gasteiger partial charge in [-0.2, -0.15) is 5.10 Å². The van der Waals surface area contributed by atoms with Gasteiger partial charge in [0.1, 0.15) is 0 Å². The maximum atomic E-state index is 5.22. The quantitative estimate of drug-likeness (QED) is 0.469. The summed E-state index contributed by atoms with van der Waals surface area (Å²) >= 11 is 5.22. The normalized spacial score (nSPS) is 28.8. The molecule has 0 saturated heterocycles. The molecular weight excluding hydrogens is 254 g/mol. The van der Waals surface area contributed by atoms with Crippen LogP contribution in [-0.2, 0) is 0 Å². The summed E-state index contributed by atoms with van der Waals surface area (Å²) in [7, 11) is 0. The fourth-order valence-electron chi connectivity index (χ4n) is 3.34. The SMILES string of the molecule is CCCCNC(=S)N/N=C1/CC[C@@H]2CCCC[C@@H]2C1. The Balaban J connectivity index is 1.72. The van der Waals surface area contributed by atoms with E-state index in [9.17, 15) is 0 Å². The summed E-state index contributed by atoms with van der Waals surface area (Å²) in [5, 5.41) is 8.38. The summed E-state index contributed by atoms with van der Waals surface area (Å²) in [6.07, 6.45) is 11.7. The predicted molar refractivity (Wildman–Crippen MR) is 85.4 cm³/mol. The zero-order valence-electron chi connectivity index (χ0n) is 12.1. The molecule has 2 aliphatic rings. The summed E-state index contributed by atoms with van der Waals surface area (Å²) in [5.41, 5.74) is 4.34. The molecule has 3 nitrogen and oxygen atoms in total. The largest absolute Gasteiger partial charge is 0.361 e. The van der Waals surface area contributed by atoms with E-state index >= 15 is 0 Å². The van der Waals surface area contributed by atoms with Gasteiger partial charge in [-0.15, -0.1) is 0 Å². The zero-order chi connectivity index (χ0) is 13.5. The van der Waals surface area contributed by atoms with Gasteiger partial charge in [0, 0.05) is 12.3 Å². The highest BCUT2D eigenvalue weighted by molar-refractivity contribution is 7.80. The minimum atomic E-state index is 0.673. The average Bonchev–Trinajstić information content (AvgIpc) is 2.45. The molecule has 108 valence electrons. The minimum absolute atomic E-state index is 0.673. The monoisotopic (exact) mass is 281 g/mol. The first-order chi connectivity index (χ1) is 9.29. The second-order valence-corrected chi connectivity index (χ2v) is 6.35. The number of hydrazone groups is 1. The predicted octanol–water partition coefficient (Wildman–Crippen LogP) is 3.60. The molecule has 0 amide bonds.